The number of carbonyl (C=O) groups is 2. The predicted molar refractivity (Wildman–Crippen MR) is 104 cm³/mol. The highest BCUT2D eigenvalue weighted by Gasteiger charge is 2.34. The Bertz CT molecular complexity index is 768. The molecular formula is C21H28N2O5. The molecule has 1 aliphatic carbocycles. The number of nitrogens with one attached hydrogen (secondary N) is 2. The lowest BCUT2D eigenvalue weighted by molar-refractivity contribution is -0.144. The SMILES string of the molecule is CCCOc1ccc([C@H]2NC(=O)NC(C)=C2C(=O)OC2CCCC2)cc1OC. The normalized spacial score (nSPS) is 19.8. The molecule has 1 atom stereocenters. The van der Waals surface area contributed by atoms with Gasteiger partial charge in [0.15, 0.2) is 11.5 Å². The van der Waals surface area contributed by atoms with Gasteiger partial charge in [0.1, 0.15) is 6.10 Å². The number of ether oxygens (including phenoxy) is 3. The number of benzene rings is 1. The summed E-state index contributed by atoms with van der Waals surface area (Å²) in [5.41, 5.74) is 1.64. The molecule has 1 saturated carbocycles. The molecule has 0 spiro atoms. The molecule has 0 saturated heterocycles. The number of allylic oxidation sites excluding steroid dienone is 1. The molecule has 7 nitrogen and oxygen atoms in total. The first-order valence-corrected chi connectivity index (χ1v) is 9.83. The van der Waals surface area contributed by atoms with Gasteiger partial charge in [0, 0.05) is 5.70 Å². The van der Waals surface area contributed by atoms with Crippen LogP contribution in [0.1, 0.15) is 57.6 Å². The second kappa shape index (κ2) is 8.99. The molecule has 1 aliphatic heterocycles. The van der Waals surface area contributed by atoms with Crippen molar-refractivity contribution in [1.82, 2.24) is 10.6 Å². The van der Waals surface area contributed by atoms with E-state index >= 15 is 0 Å². The molecule has 1 fully saturated rings. The maximum absolute atomic E-state index is 12.9. The molecule has 2 aliphatic rings. The fourth-order valence-electron chi connectivity index (χ4n) is 3.63. The molecule has 0 unspecified atom stereocenters. The summed E-state index contributed by atoms with van der Waals surface area (Å²) in [6.45, 7) is 4.33. The van der Waals surface area contributed by atoms with Gasteiger partial charge in [-0.2, -0.15) is 0 Å². The first-order chi connectivity index (χ1) is 13.5. The quantitative estimate of drug-likeness (QED) is 0.697. The van der Waals surface area contributed by atoms with Crippen molar-refractivity contribution in [3.63, 3.8) is 0 Å². The largest absolute Gasteiger partial charge is 0.493 e. The number of hydrogen-bond acceptors (Lipinski definition) is 5. The fourth-order valence-corrected chi connectivity index (χ4v) is 3.63. The molecule has 1 aromatic carbocycles. The van der Waals surface area contributed by atoms with Crippen LogP contribution in [0.5, 0.6) is 11.5 Å². The Hall–Kier alpha value is -2.70. The third kappa shape index (κ3) is 4.40. The topological polar surface area (TPSA) is 85.9 Å². The Morgan fingerprint density at radius 2 is 1.96 bits per heavy atom. The number of carbonyl (C=O) groups excluding carboxylic acids is 2. The van der Waals surface area contributed by atoms with Gasteiger partial charge in [-0.15, -0.1) is 0 Å². The van der Waals surface area contributed by atoms with Crippen LogP contribution in [-0.2, 0) is 9.53 Å². The number of amides is 2. The van der Waals surface area contributed by atoms with Crippen molar-refractivity contribution < 1.29 is 23.8 Å². The van der Waals surface area contributed by atoms with Crippen molar-refractivity contribution in [1.29, 1.82) is 0 Å². The summed E-state index contributed by atoms with van der Waals surface area (Å²) in [5.74, 6) is 0.788. The first-order valence-electron chi connectivity index (χ1n) is 9.83. The molecule has 1 heterocycles. The average molecular weight is 388 g/mol. The van der Waals surface area contributed by atoms with Crippen LogP contribution < -0.4 is 20.1 Å². The highest BCUT2D eigenvalue weighted by molar-refractivity contribution is 5.95. The van der Waals surface area contributed by atoms with E-state index in [9.17, 15) is 9.59 Å². The van der Waals surface area contributed by atoms with Gasteiger partial charge in [-0.1, -0.05) is 13.0 Å². The molecule has 0 aromatic heterocycles. The zero-order valence-electron chi connectivity index (χ0n) is 16.7. The smallest absolute Gasteiger partial charge is 0.338 e. The summed E-state index contributed by atoms with van der Waals surface area (Å²) in [4.78, 5) is 25.0. The second-order valence-corrected chi connectivity index (χ2v) is 7.14. The van der Waals surface area contributed by atoms with Crippen molar-refractivity contribution in [3.8, 4) is 11.5 Å². The van der Waals surface area contributed by atoms with Gasteiger partial charge < -0.3 is 24.8 Å². The average Bonchev–Trinajstić information content (AvgIpc) is 3.18. The van der Waals surface area contributed by atoms with Crippen molar-refractivity contribution in [2.45, 2.75) is 58.1 Å². The van der Waals surface area contributed by atoms with E-state index in [-0.39, 0.29) is 12.1 Å². The Morgan fingerprint density at radius 1 is 1.21 bits per heavy atom. The Balaban J connectivity index is 1.89. The van der Waals surface area contributed by atoms with Crippen LogP contribution in [0.25, 0.3) is 0 Å². The zero-order valence-corrected chi connectivity index (χ0v) is 16.7. The summed E-state index contributed by atoms with van der Waals surface area (Å²) in [5, 5.41) is 5.50. The van der Waals surface area contributed by atoms with Gasteiger partial charge in [-0.25, -0.2) is 9.59 Å². The maximum atomic E-state index is 12.9. The van der Waals surface area contributed by atoms with E-state index in [0.717, 1.165) is 37.7 Å². The van der Waals surface area contributed by atoms with Crippen LogP contribution in [0.2, 0.25) is 0 Å². The third-order valence-electron chi connectivity index (χ3n) is 5.05. The number of rotatable bonds is 7. The molecule has 2 N–H and O–H groups in total. The van der Waals surface area contributed by atoms with Gasteiger partial charge in [0.25, 0.3) is 0 Å². The lowest BCUT2D eigenvalue weighted by Crippen LogP contribution is -2.45. The van der Waals surface area contributed by atoms with Gasteiger partial charge >= 0.3 is 12.0 Å². The van der Waals surface area contributed by atoms with E-state index < -0.39 is 12.0 Å². The summed E-state index contributed by atoms with van der Waals surface area (Å²) in [6, 6.07) is 4.45. The van der Waals surface area contributed by atoms with Crippen molar-refractivity contribution in [2.75, 3.05) is 13.7 Å². The molecule has 1 aromatic rings. The van der Waals surface area contributed by atoms with Crippen molar-refractivity contribution in [3.05, 3.63) is 35.0 Å². The van der Waals surface area contributed by atoms with E-state index in [2.05, 4.69) is 10.6 Å². The standard InChI is InChI=1S/C21H28N2O5/c1-4-11-27-16-10-9-14(12-17(16)26-3)19-18(13(2)22-21(25)23-19)20(24)28-15-7-5-6-8-15/h9-10,12,15,19H,4-8,11H2,1-3H3,(H2,22,23,25)/t19-/m1/s1. The molecule has 152 valence electrons. The van der Waals surface area contributed by atoms with E-state index in [1.54, 1.807) is 26.2 Å². The molecular weight excluding hydrogens is 360 g/mol. The zero-order chi connectivity index (χ0) is 20.1. The van der Waals surface area contributed by atoms with Crippen LogP contribution in [0.3, 0.4) is 0 Å². The minimum Gasteiger partial charge on any atom is -0.493 e. The van der Waals surface area contributed by atoms with Crippen LogP contribution in [0, 0.1) is 0 Å². The molecule has 2 amide bonds. The maximum Gasteiger partial charge on any atom is 0.338 e. The molecule has 0 radical (unpaired) electrons. The number of urea groups is 1. The molecule has 7 heteroatoms. The minimum absolute atomic E-state index is 0.0505. The molecule has 28 heavy (non-hydrogen) atoms. The predicted octanol–water partition coefficient (Wildman–Crippen LogP) is 3.60. The lowest BCUT2D eigenvalue weighted by Gasteiger charge is -2.29. The van der Waals surface area contributed by atoms with Gasteiger partial charge in [-0.3, -0.25) is 0 Å². The highest BCUT2D eigenvalue weighted by Crippen LogP contribution is 2.35. The summed E-state index contributed by atoms with van der Waals surface area (Å²) < 4.78 is 16.8. The van der Waals surface area contributed by atoms with Crippen LogP contribution in [0.4, 0.5) is 4.79 Å². The summed E-state index contributed by atoms with van der Waals surface area (Å²) >= 11 is 0. The van der Waals surface area contributed by atoms with Gasteiger partial charge in [0.05, 0.1) is 25.3 Å². The third-order valence-corrected chi connectivity index (χ3v) is 5.05. The first kappa shape index (κ1) is 20.0. The number of esters is 1. The number of methoxy groups -OCH3 is 1. The second-order valence-electron chi connectivity index (χ2n) is 7.14. The number of hydrogen-bond donors (Lipinski definition) is 2. The lowest BCUT2D eigenvalue weighted by atomic mass is 9.95. The molecule has 3 rings (SSSR count). The van der Waals surface area contributed by atoms with Gasteiger partial charge in [0.2, 0.25) is 0 Å². The minimum atomic E-state index is -0.614. The van der Waals surface area contributed by atoms with Gasteiger partial charge in [-0.05, 0) is 56.7 Å². The van der Waals surface area contributed by atoms with E-state index in [1.807, 2.05) is 13.0 Å². The molecule has 0 bridgehead atoms. The van der Waals surface area contributed by atoms with Crippen LogP contribution >= 0.6 is 0 Å². The van der Waals surface area contributed by atoms with E-state index in [4.69, 9.17) is 14.2 Å². The van der Waals surface area contributed by atoms with Crippen LogP contribution in [0.15, 0.2) is 29.5 Å². The summed E-state index contributed by atoms with van der Waals surface area (Å²) in [6.07, 6.45) is 4.76. The summed E-state index contributed by atoms with van der Waals surface area (Å²) in [7, 11) is 1.56. The Morgan fingerprint density at radius 3 is 2.64 bits per heavy atom. The van der Waals surface area contributed by atoms with Crippen molar-refractivity contribution >= 4 is 12.0 Å². The fraction of sp³-hybridized carbons (Fsp3) is 0.524. The highest BCUT2D eigenvalue weighted by atomic mass is 16.5. The Labute approximate surface area is 165 Å². The van der Waals surface area contributed by atoms with E-state index in [0.29, 0.717) is 29.4 Å². The van der Waals surface area contributed by atoms with E-state index in [1.165, 1.54) is 0 Å². The Kier molecular flexibility index (Phi) is 6.44. The monoisotopic (exact) mass is 388 g/mol. The van der Waals surface area contributed by atoms with Crippen LogP contribution in [-0.4, -0.2) is 31.8 Å². The van der Waals surface area contributed by atoms with Crippen molar-refractivity contribution in [2.24, 2.45) is 0 Å².